The molecular weight excluding hydrogens is 272 g/mol. The van der Waals surface area contributed by atoms with Crippen LogP contribution in [0.2, 0.25) is 0 Å². The van der Waals surface area contributed by atoms with Gasteiger partial charge in [-0.3, -0.25) is 4.98 Å². The number of benzene rings is 1. The number of hydrogen-bond acceptors (Lipinski definition) is 3. The van der Waals surface area contributed by atoms with E-state index in [0.717, 1.165) is 30.3 Å². The lowest BCUT2D eigenvalue weighted by atomic mass is 9.94. The number of fused-ring (bicyclic) bond motifs is 2. The minimum absolute atomic E-state index is 0.561. The topological polar surface area (TPSA) is 56.7 Å². The monoisotopic (exact) mass is 292 g/mol. The van der Waals surface area contributed by atoms with Crippen molar-refractivity contribution in [1.29, 1.82) is 0 Å². The van der Waals surface area contributed by atoms with Crippen LogP contribution in [0, 0.1) is 0 Å². The van der Waals surface area contributed by atoms with Gasteiger partial charge in [-0.2, -0.15) is 0 Å². The Kier molecular flexibility index (Phi) is 3.10. The Morgan fingerprint density at radius 2 is 2.09 bits per heavy atom. The molecule has 1 aliphatic carbocycles. The van der Waals surface area contributed by atoms with Crippen LogP contribution >= 0.6 is 0 Å². The highest BCUT2D eigenvalue weighted by Gasteiger charge is 2.13. The Hall–Kier alpha value is -2.36. The van der Waals surface area contributed by atoms with Gasteiger partial charge in [-0.25, -0.2) is 4.98 Å². The minimum Gasteiger partial charge on any atom is -0.369 e. The molecule has 0 bridgehead atoms. The molecule has 2 N–H and O–H groups in total. The number of nitrogens with zero attached hydrogens (tertiary/aromatic N) is 3. The van der Waals surface area contributed by atoms with Gasteiger partial charge in [0.25, 0.3) is 0 Å². The van der Waals surface area contributed by atoms with Gasteiger partial charge in [-0.15, -0.1) is 0 Å². The highest BCUT2D eigenvalue weighted by atomic mass is 15.1. The Labute approximate surface area is 130 Å². The van der Waals surface area contributed by atoms with Crippen molar-refractivity contribution in [2.75, 3.05) is 5.73 Å². The Morgan fingerprint density at radius 3 is 3.00 bits per heavy atom. The Balaban J connectivity index is 1.73. The number of rotatable bonds is 2. The van der Waals surface area contributed by atoms with Crippen LogP contribution in [0.4, 0.5) is 5.95 Å². The molecule has 0 amide bonds. The molecule has 0 spiro atoms. The van der Waals surface area contributed by atoms with Crippen molar-refractivity contribution in [3.63, 3.8) is 0 Å². The lowest BCUT2D eigenvalue weighted by Crippen LogP contribution is -2.06. The Bertz CT molecular complexity index is 848. The second-order valence-electron chi connectivity index (χ2n) is 6.15. The summed E-state index contributed by atoms with van der Waals surface area (Å²) in [6, 6.07) is 8.60. The summed E-state index contributed by atoms with van der Waals surface area (Å²) < 4.78 is 1.93. The van der Waals surface area contributed by atoms with Crippen LogP contribution in [0.1, 0.15) is 35.2 Å². The summed E-state index contributed by atoms with van der Waals surface area (Å²) >= 11 is 0. The molecular formula is C18H20N4. The van der Waals surface area contributed by atoms with E-state index in [1.165, 1.54) is 35.2 Å². The molecule has 0 unspecified atom stereocenters. The fraction of sp³-hybridized carbons (Fsp3) is 0.333. The maximum Gasteiger partial charge on any atom is 0.200 e. The first-order chi connectivity index (χ1) is 10.7. The molecule has 22 heavy (non-hydrogen) atoms. The predicted molar refractivity (Wildman–Crippen MR) is 88.8 cm³/mol. The molecule has 2 heterocycles. The summed E-state index contributed by atoms with van der Waals surface area (Å²) in [6.07, 6.45) is 7.72. The highest BCUT2D eigenvalue weighted by Crippen LogP contribution is 2.25. The average molecular weight is 292 g/mol. The number of para-hydroxylation sites is 1. The third-order valence-corrected chi connectivity index (χ3v) is 4.65. The van der Waals surface area contributed by atoms with E-state index >= 15 is 0 Å². The van der Waals surface area contributed by atoms with E-state index in [4.69, 9.17) is 5.73 Å². The van der Waals surface area contributed by atoms with Crippen LogP contribution in [-0.2, 0) is 26.3 Å². The van der Waals surface area contributed by atoms with Crippen LogP contribution < -0.4 is 5.73 Å². The van der Waals surface area contributed by atoms with Crippen LogP contribution in [0.15, 0.2) is 30.5 Å². The van der Waals surface area contributed by atoms with Crippen LogP contribution in [-0.4, -0.2) is 14.5 Å². The van der Waals surface area contributed by atoms with Gasteiger partial charge in [-0.05, 0) is 48.4 Å². The van der Waals surface area contributed by atoms with E-state index in [2.05, 4.69) is 34.2 Å². The normalized spacial score (nSPS) is 14.2. The molecule has 4 nitrogen and oxygen atoms in total. The van der Waals surface area contributed by atoms with Gasteiger partial charge in [0.2, 0.25) is 5.95 Å². The molecule has 1 aliphatic rings. The largest absolute Gasteiger partial charge is 0.369 e. The first kappa shape index (κ1) is 13.3. The third-order valence-electron chi connectivity index (χ3n) is 4.65. The van der Waals surface area contributed by atoms with E-state index in [-0.39, 0.29) is 0 Å². The smallest absolute Gasteiger partial charge is 0.200 e. The molecule has 2 aromatic heterocycles. The van der Waals surface area contributed by atoms with E-state index in [0.29, 0.717) is 5.95 Å². The zero-order valence-electron chi connectivity index (χ0n) is 12.8. The molecule has 4 rings (SSSR count). The summed E-state index contributed by atoms with van der Waals surface area (Å²) in [5, 5.41) is 0. The molecule has 0 atom stereocenters. The standard InChI is InChI=1S/C18H20N4/c1-22-16-8-4-6-14(17(16)21-18(22)19)10-12-9-13-5-2-3-7-15(13)20-11-12/h4,6,8-9,11H,2-3,5,7,10H2,1H3,(H2,19,21). The van der Waals surface area contributed by atoms with Gasteiger partial charge >= 0.3 is 0 Å². The number of imidazole rings is 1. The number of pyridine rings is 1. The quantitative estimate of drug-likeness (QED) is 0.790. The number of aryl methyl sites for hydroxylation is 3. The number of aromatic nitrogens is 3. The summed E-state index contributed by atoms with van der Waals surface area (Å²) in [5.41, 5.74) is 13.2. The molecule has 0 saturated carbocycles. The maximum atomic E-state index is 5.95. The van der Waals surface area contributed by atoms with Crippen molar-refractivity contribution in [2.24, 2.45) is 7.05 Å². The lowest BCUT2D eigenvalue weighted by Gasteiger charge is -2.15. The second-order valence-corrected chi connectivity index (χ2v) is 6.15. The van der Waals surface area contributed by atoms with Crippen molar-refractivity contribution in [2.45, 2.75) is 32.1 Å². The first-order valence-corrected chi connectivity index (χ1v) is 7.89. The molecule has 0 fully saturated rings. The second kappa shape index (κ2) is 5.13. The first-order valence-electron chi connectivity index (χ1n) is 7.89. The van der Waals surface area contributed by atoms with Gasteiger partial charge < -0.3 is 10.3 Å². The summed E-state index contributed by atoms with van der Waals surface area (Å²) in [6.45, 7) is 0. The van der Waals surface area contributed by atoms with Gasteiger partial charge in [0.05, 0.1) is 11.0 Å². The van der Waals surface area contributed by atoms with Crippen LogP contribution in [0.25, 0.3) is 11.0 Å². The lowest BCUT2D eigenvalue weighted by molar-refractivity contribution is 0.666. The maximum absolute atomic E-state index is 5.95. The molecule has 3 aromatic rings. The molecule has 112 valence electrons. The summed E-state index contributed by atoms with van der Waals surface area (Å²) in [5.74, 6) is 0.561. The van der Waals surface area contributed by atoms with Gasteiger partial charge in [0.15, 0.2) is 0 Å². The molecule has 0 saturated heterocycles. The minimum atomic E-state index is 0.561. The van der Waals surface area contributed by atoms with Crippen molar-refractivity contribution in [3.05, 3.63) is 52.8 Å². The fourth-order valence-corrected chi connectivity index (χ4v) is 3.39. The average Bonchev–Trinajstić information content (AvgIpc) is 2.84. The summed E-state index contributed by atoms with van der Waals surface area (Å²) in [7, 11) is 1.95. The van der Waals surface area contributed by atoms with Crippen LogP contribution in [0.5, 0.6) is 0 Å². The SMILES string of the molecule is Cn1c(N)nc2c(Cc3cnc4c(c3)CCCC4)cccc21. The number of anilines is 1. The van der Waals surface area contributed by atoms with Gasteiger partial charge in [0.1, 0.15) is 0 Å². The van der Waals surface area contributed by atoms with E-state index < -0.39 is 0 Å². The van der Waals surface area contributed by atoms with Crippen molar-refractivity contribution >= 4 is 17.0 Å². The molecule has 1 aromatic carbocycles. The van der Waals surface area contributed by atoms with Crippen molar-refractivity contribution in [1.82, 2.24) is 14.5 Å². The zero-order chi connectivity index (χ0) is 15.1. The molecule has 4 heteroatoms. The highest BCUT2D eigenvalue weighted by molar-refractivity contribution is 5.81. The van der Waals surface area contributed by atoms with Crippen LogP contribution in [0.3, 0.4) is 0 Å². The van der Waals surface area contributed by atoms with Crippen molar-refractivity contribution in [3.8, 4) is 0 Å². The fourth-order valence-electron chi connectivity index (χ4n) is 3.39. The van der Waals surface area contributed by atoms with E-state index in [1.807, 2.05) is 17.8 Å². The van der Waals surface area contributed by atoms with E-state index in [9.17, 15) is 0 Å². The summed E-state index contributed by atoms with van der Waals surface area (Å²) in [4.78, 5) is 9.18. The van der Waals surface area contributed by atoms with Crippen molar-refractivity contribution < 1.29 is 0 Å². The Morgan fingerprint density at radius 1 is 1.23 bits per heavy atom. The van der Waals surface area contributed by atoms with Gasteiger partial charge in [0, 0.05) is 25.4 Å². The third kappa shape index (κ3) is 2.15. The predicted octanol–water partition coefficient (Wildman–Crippen LogP) is 3.02. The number of nitrogens with two attached hydrogens (primary N) is 1. The zero-order valence-corrected chi connectivity index (χ0v) is 12.8. The molecule has 0 radical (unpaired) electrons. The number of hydrogen-bond donors (Lipinski definition) is 1. The van der Waals surface area contributed by atoms with Gasteiger partial charge in [-0.1, -0.05) is 18.2 Å². The molecule has 0 aliphatic heterocycles. The van der Waals surface area contributed by atoms with E-state index in [1.54, 1.807) is 0 Å². The number of nitrogen functional groups attached to an aromatic ring is 1.